The monoisotopic (exact) mass is 285 g/mol. The second-order valence-corrected chi connectivity index (χ2v) is 6.33. The van der Waals surface area contributed by atoms with E-state index in [-0.39, 0.29) is 0 Å². The first-order valence-corrected chi connectivity index (χ1v) is 7.86. The average molecular weight is 285 g/mol. The van der Waals surface area contributed by atoms with Crippen LogP contribution in [0.3, 0.4) is 0 Å². The van der Waals surface area contributed by atoms with Gasteiger partial charge >= 0.3 is 0 Å². The van der Waals surface area contributed by atoms with Crippen LogP contribution in [0.25, 0.3) is 0 Å². The number of hydrogen-bond acceptors (Lipinski definition) is 4. The van der Waals surface area contributed by atoms with Gasteiger partial charge in [0.05, 0.1) is 4.90 Å². The van der Waals surface area contributed by atoms with Gasteiger partial charge in [0, 0.05) is 19.6 Å². The zero-order chi connectivity index (χ0) is 14.5. The first kappa shape index (κ1) is 16.1. The summed E-state index contributed by atoms with van der Waals surface area (Å²) in [6, 6.07) is 5.18. The fraction of sp³-hybridized carbons (Fsp3) is 0.538. The smallest absolute Gasteiger partial charge is 0.240 e. The molecule has 0 aromatic heterocycles. The SMILES string of the molecule is CCN(C)CCNS(=O)(=O)c1ccc(CN)cc1C. The predicted molar refractivity (Wildman–Crippen MR) is 77.4 cm³/mol. The molecule has 0 aliphatic rings. The van der Waals surface area contributed by atoms with Gasteiger partial charge in [-0.1, -0.05) is 19.1 Å². The molecule has 0 saturated carbocycles. The highest BCUT2D eigenvalue weighted by Gasteiger charge is 2.16. The van der Waals surface area contributed by atoms with Crippen molar-refractivity contribution in [3.8, 4) is 0 Å². The molecule has 0 bridgehead atoms. The molecule has 0 aliphatic heterocycles. The summed E-state index contributed by atoms with van der Waals surface area (Å²) in [7, 11) is -1.48. The van der Waals surface area contributed by atoms with Crippen LogP contribution in [0.4, 0.5) is 0 Å². The minimum atomic E-state index is -3.44. The Labute approximate surface area is 115 Å². The maximum atomic E-state index is 12.2. The van der Waals surface area contributed by atoms with Gasteiger partial charge in [-0.25, -0.2) is 13.1 Å². The first-order valence-electron chi connectivity index (χ1n) is 6.38. The molecular formula is C13H23N3O2S. The lowest BCUT2D eigenvalue weighted by Gasteiger charge is -2.15. The summed E-state index contributed by atoms with van der Waals surface area (Å²) in [5.74, 6) is 0. The van der Waals surface area contributed by atoms with Crippen molar-refractivity contribution >= 4 is 10.0 Å². The Morgan fingerprint density at radius 1 is 1.37 bits per heavy atom. The first-order chi connectivity index (χ1) is 8.90. The van der Waals surface area contributed by atoms with Gasteiger partial charge in [0.2, 0.25) is 10.0 Å². The Hall–Kier alpha value is -0.950. The van der Waals surface area contributed by atoms with Crippen LogP contribution in [0.1, 0.15) is 18.1 Å². The van der Waals surface area contributed by atoms with Gasteiger partial charge in [-0.3, -0.25) is 0 Å². The van der Waals surface area contributed by atoms with E-state index in [1.807, 2.05) is 24.9 Å². The molecule has 0 saturated heterocycles. The van der Waals surface area contributed by atoms with E-state index >= 15 is 0 Å². The van der Waals surface area contributed by atoms with Crippen molar-refractivity contribution in [2.45, 2.75) is 25.3 Å². The van der Waals surface area contributed by atoms with Gasteiger partial charge in [-0.15, -0.1) is 0 Å². The number of rotatable bonds is 7. The number of likely N-dealkylation sites (N-methyl/N-ethyl adjacent to an activating group) is 1. The average Bonchev–Trinajstić information content (AvgIpc) is 2.37. The molecule has 0 atom stereocenters. The van der Waals surface area contributed by atoms with E-state index in [0.717, 1.165) is 17.7 Å². The summed E-state index contributed by atoms with van der Waals surface area (Å²) in [5.41, 5.74) is 7.19. The number of aryl methyl sites for hydroxylation is 1. The Bertz CT molecular complexity index is 515. The maximum absolute atomic E-state index is 12.2. The minimum absolute atomic E-state index is 0.323. The topological polar surface area (TPSA) is 75.4 Å². The van der Waals surface area contributed by atoms with E-state index < -0.39 is 10.0 Å². The second-order valence-electron chi connectivity index (χ2n) is 4.60. The van der Waals surface area contributed by atoms with Gasteiger partial charge in [0.15, 0.2) is 0 Å². The summed E-state index contributed by atoms with van der Waals surface area (Å²) < 4.78 is 26.9. The lowest BCUT2D eigenvalue weighted by atomic mass is 10.1. The standard InChI is InChI=1S/C13H23N3O2S/c1-4-16(3)8-7-15-19(17,18)13-6-5-12(10-14)9-11(13)2/h5-6,9,15H,4,7-8,10,14H2,1-3H3. The van der Waals surface area contributed by atoms with Crippen LogP contribution in [-0.2, 0) is 16.6 Å². The highest BCUT2D eigenvalue weighted by atomic mass is 32.2. The molecule has 108 valence electrons. The zero-order valence-corrected chi connectivity index (χ0v) is 12.6. The maximum Gasteiger partial charge on any atom is 0.240 e. The normalized spacial score (nSPS) is 12.1. The van der Waals surface area contributed by atoms with E-state index in [0.29, 0.717) is 24.5 Å². The molecule has 0 aliphatic carbocycles. The third-order valence-electron chi connectivity index (χ3n) is 3.09. The van der Waals surface area contributed by atoms with Crippen LogP contribution in [0.2, 0.25) is 0 Å². The molecule has 5 nitrogen and oxygen atoms in total. The van der Waals surface area contributed by atoms with E-state index in [2.05, 4.69) is 4.72 Å². The van der Waals surface area contributed by atoms with Gasteiger partial charge in [0.25, 0.3) is 0 Å². The molecule has 1 aromatic rings. The molecule has 1 rings (SSSR count). The third-order valence-corrected chi connectivity index (χ3v) is 4.71. The van der Waals surface area contributed by atoms with E-state index in [4.69, 9.17) is 5.73 Å². The van der Waals surface area contributed by atoms with Crippen molar-refractivity contribution in [1.82, 2.24) is 9.62 Å². The molecule has 0 unspecified atom stereocenters. The molecule has 0 radical (unpaired) electrons. The second kappa shape index (κ2) is 7.00. The number of benzene rings is 1. The number of sulfonamides is 1. The van der Waals surface area contributed by atoms with Crippen molar-refractivity contribution in [3.63, 3.8) is 0 Å². The molecule has 19 heavy (non-hydrogen) atoms. The molecule has 0 fully saturated rings. The molecular weight excluding hydrogens is 262 g/mol. The number of hydrogen-bond donors (Lipinski definition) is 2. The van der Waals surface area contributed by atoms with Crippen LogP contribution in [0.5, 0.6) is 0 Å². The summed E-state index contributed by atoms with van der Waals surface area (Å²) in [6.07, 6.45) is 0. The largest absolute Gasteiger partial charge is 0.326 e. The van der Waals surface area contributed by atoms with Gasteiger partial charge in [-0.2, -0.15) is 0 Å². The van der Waals surface area contributed by atoms with Crippen LogP contribution in [-0.4, -0.2) is 40.0 Å². The summed E-state index contributed by atoms with van der Waals surface area (Å²) >= 11 is 0. The molecule has 0 heterocycles. The highest BCUT2D eigenvalue weighted by molar-refractivity contribution is 7.89. The Balaban J connectivity index is 2.77. The fourth-order valence-electron chi connectivity index (χ4n) is 1.75. The summed E-state index contributed by atoms with van der Waals surface area (Å²) in [5, 5.41) is 0. The zero-order valence-electron chi connectivity index (χ0n) is 11.8. The Morgan fingerprint density at radius 2 is 2.05 bits per heavy atom. The molecule has 0 spiro atoms. The summed E-state index contributed by atoms with van der Waals surface area (Å²) in [6.45, 7) is 6.22. The Morgan fingerprint density at radius 3 is 2.58 bits per heavy atom. The Kier molecular flexibility index (Phi) is 5.93. The van der Waals surface area contributed by atoms with Gasteiger partial charge in [-0.05, 0) is 37.7 Å². The van der Waals surface area contributed by atoms with Crippen LogP contribution in [0.15, 0.2) is 23.1 Å². The lowest BCUT2D eigenvalue weighted by molar-refractivity contribution is 0.358. The van der Waals surface area contributed by atoms with Gasteiger partial charge in [0.1, 0.15) is 0 Å². The fourth-order valence-corrected chi connectivity index (χ4v) is 2.99. The van der Waals surface area contributed by atoms with E-state index in [9.17, 15) is 8.42 Å². The highest BCUT2D eigenvalue weighted by Crippen LogP contribution is 2.16. The van der Waals surface area contributed by atoms with Crippen LogP contribution in [0, 0.1) is 6.92 Å². The molecule has 3 N–H and O–H groups in total. The van der Waals surface area contributed by atoms with Crippen molar-refractivity contribution in [1.29, 1.82) is 0 Å². The summed E-state index contributed by atoms with van der Waals surface area (Å²) in [4.78, 5) is 2.37. The van der Waals surface area contributed by atoms with Crippen molar-refractivity contribution in [2.24, 2.45) is 5.73 Å². The lowest BCUT2D eigenvalue weighted by Crippen LogP contribution is -2.33. The number of nitrogens with one attached hydrogen (secondary N) is 1. The van der Waals surface area contributed by atoms with Crippen LogP contribution >= 0.6 is 0 Å². The number of nitrogens with zero attached hydrogens (tertiary/aromatic N) is 1. The molecule has 0 amide bonds. The third kappa shape index (κ3) is 4.58. The van der Waals surface area contributed by atoms with Gasteiger partial charge < -0.3 is 10.6 Å². The van der Waals surface area contributed by atoms with Crippen molar-refractivity contribution in [2.75, 3.05) is 26.7 Å². The van der Waals surface area contributed by atoms with Crippen molar-refractivity contribution < 1.29 is 8.42 Å². The molecule has 6 heteroatoms. The molecule has 1 aromatic carbocycles. The van der Waals surface area contributed by atoms with Crippen LogP contribution < -0.4 is 10.5 Å². The van der Waals surface area contributed by atoms with E-state index in [1.54, 1.807) is 19.1 Å². The van der Waals surface area contributed by atoms with E-state index in [1.165, 1.54) is 0 Å². The quantitative estimate of drug-likeness (QED) is 0.772. The minimum Gasteiger partial charge on any atom is -0.326 e. The number of nitrogens with two attached hydrogens (primary N) is 1. The predicted octanol–water partition coefficient (Wildman–Crippen LogP) is 0.684. The van der Waals surface area contributed by atoms with Crippen molar-refractivity contribution in [3.05, 3.63) is 29.3 Å².